The molecule has 1 amide bonds. The number of nitrogens with zero attached hydrogens (tertiary/aromatic N) is 6. The Balaban J connectivity index is 3.51. The summed E-state index contributed by atoms with van der Waals surface area (Å²) in [6.07, 6.45) is 0. The quantitative estimate of drug-likeness (QED) is 0.320. The minimum atomic E-state index is -2.34. The van der Waals surface area contributed by atoms with E-state index < -0.39 is 13.4 Å². The van der Waals surface area contributed by atoms with Crippen molar-refractivity contribution in [3.63, 3.8) is 0 Å². The second kappa shape index (κ2) is 12.1. The van der Waals surface area contributed by atoms with E-state index in [-0.39, 0.29) is 11.3 Å². The van der Waals surface area contributed by atoms with Crippen LogP contribution in [0.15, 0.2) is 39.5 Å². The van der Waals surface area contributed by atoms with Gasteiger partial charge in [-0.15, -0.1) is 4.85 Å². The van der Waals surface area contributed by atoms with Crippen LogP contribution in [0.5, 0.6) is 5.75 Å². The number of phenolic OH excluding ortho intramolecular Hbond substituents is 1. The number of para-hydroxylation sites is 1. The van der Waals surface area contributed by atoms with E-state index in [0.717, 1.165) is 39.3 Å². The number of carbonyl (C=O) groups is 1. The van der Waals surface area contributed by atoms with E-state index in [4.69, 9.17) is 4.85 Å². The van der Waals surface area contributed by atoms with E-state index in [1.807, 2.05) is 0 Å². The first-order valence-electron chi connectivity index (χ1n) is 10.1. The first kappa shape index (κ1) is 24.4. The molecule has 1 rings (SSSR count). The van der Waals surface area contributed by atoms with Crippen LogP contribution in [0.3, 0.4) is 0 Å². The van der Waals surface area contributed by atoms with Gasteiger partial charge in [0.25, 0.3) is 0 Å². The van der Waals surface area contributed by atoms with Crippen molar-refractivity contribution in [2.45, 2.75) is 41.5 Å². The van der Waals surface area contributed by atoms with Gasteiger partial charge in [-0.1, -0.05) is 58.8 Å². The van der Waals surface area contributed by atoms with Crippen LogP contribution in [-0.2, 0) is 0 Å². The normalized spacial score (nSPS) is 12.5. The molecule has 0 aromatic heterocycles. The van der Waals surface area contributed by atoms with Crippen molar-refractivity contribution < 1.29 is 9.90 Å². The number of hydrogen-bond acceptors (Lipinski definition) is 2. The van der Waals surface area contributed by atoms with Crippen molar-refractivity contribution in [1.29, 1.82) is 0 Å². The lowest BCUT2D eigenvalue weighted by atomic mass is 10.2. The summed E-state index contributed by atoms with van der Waals surface area (Å²) < 4.78 is 6.99. The molecule has 0 atom stereocenters. The molecule has 28 heavy (non-hydrogen) atoms. The molecule has 0 fully saturated rings. The van der Waals surface area contributed by atoms with Gasteiger partial charge < -0.3 is 5.11 Å². The lowest BCUT2D eigenvalue weighted by molar-refractivity contribution is 0.0991. The molecular weight excluding hydrogens is 375 g/mol. The third-order valence-corrected chi connectivity index (χ3v) is 9.05. The van der Waals surface area contributed by atoms with E-state index in [9.17, 15) is 9.90 Å². The highest BCUT2D eigenvalue weighted by Crippen LogP contribution is 2.59. The van der Waals surface area contributed by atoms with Gasteiger partial charge in [0, 0.05) is 39.3 Å². The molecule has 0 aliphatic carbocycles. The summed E-state index contributed by atoms with van der Waals surface area (Å²) in [4.78, 5) is 17.1. The standard InChI is InChI=1S/C19H35N6O2P/c1-7-23(8-2)28(24(9-3)10-4,25(11-5)12-6)22-21-20-19(27)17-15-13-14-16-18(17)26/h13-16,26H,7-12H2,1-6H3. The van der Waals surface area contributed by atoms with Crippen molar-refractivity contribution in [3.8, 4) is 5.75 Å². The highest BCUT2D eigenvalue weighted by molar-refractivity contribution is 7.59. The van der Waals surface area contributed by atoms with Gasteiger partial charge in [0.15, 0.2) is 7.51 Å². The molecule has 0 radical (unpaired) electrons. The fraction of sp³-hybridized carbons (Fsp3) is 0.632. The SMILES string of the molecule is CCN(CC)P(=NN=NC(=O)c1ccccc1O)(N(CC)CC)N(CC)CC. The predicted molar refractivity (Wildman–Crippen MR) is 115 cm³/mol. The molecule has 0 aliphatic rings. The molecule has 1 N–H and O–H groups in total. The van der Waals surface area contributed by atoms with Crippen LogP contribution in [0.2, 0.25) is 0 Å². The molecule has 1 aromatic rings. The van der Waals surface area contributed by atoms with Crippen LogP contribution in [0.4, 0.5) is 0 Å². The molecule has 0 heterocycles. The van der Waals surface area contributed by atoms with Crippen molar-refractivity contribution >= 4 is 13.4 Å². The van der Waals surface area contributed by atoms with E-state index >= 15 is 0 Å². The maximum absolute atomic E-state index is 12.4. The number of aromatic hydroxyl groups is 1. The molecule has 1 aromatic carbocycles. The molecule has 0 saturated heterocycles. The molecule has 0 bridgehead atoms. The van der Waals surface area contributed by atoms with E-state index in [2.05, 4.69) is 65.9 Å². The predicted octanol–water partition coefficient (Wildman–Crippen LogP) is 4.87. The number of hydrogen-bond donors (Lipinski definition) is 1. The minimum Gasteiger partial charge on any atom is -0.507 e. The van der Waals surface area contributed by atoms with Gasteiger partial charge in [-0.25, -0.2) is 14.0 Å². The Hall–Kier alpha value is -1.60. The average molecular weight is 411 g/mol. The molecule has 0 spiro atoms. The average Bonchev–Trinajstić information content (AvgIpc) is 2.70. The summed E-state index contributed by atoms with van der Waals surface area (Å²) in [6, 6.07) is 6.32. The molecule has 158 valence electrons. The summed E-state index contributed by atoms with van der Waals surface area (Å²) in [7, 11) is -2.34. The second-order valence-corrected chi connectivity index (χ2v) is 9.00. The monoisotopic (exact) mass is 410 g/mol. The van der Waals surface area contributed by atoms with Gasteiger partial charge in [-0.05, 0) is 17.4 Å². The number of benzene rings is 1. The molecular formula is C19H35N6O2P. The summed E-state index contributed by atoms with van der Waals surface area (Å²) >= 11 is 0. The van der Waals surface area contributed by atoms with Crippen LogP contribution in [0, 0.1) is 0 Å². The van der Waals surface area contributed by atoms with Gasteiger partial charge in [0.05, 0.1) is 5.56 Å². The Bertz CT molecular complexity index is 659. The van der Waals surface area contributed by atoms with Crippen molar-refractivity contribution in [1.82, 2.24) is 14.0 Å². The number of amides is 1. The van der Waals surface area contributed by atoms with Crippen LogP contribution in [-0.4, -0.2) is 64.3 Å². The first-order valence-corrected chi connectivity index (χ1v) is 11.7. The molecule has 0 aliphatic heterocycles. The molecule has 9 heteroatoms. The van der Waals surface area contributed by atoms with Crippen LogP contribution < -0.4 is 0 Å². The highest BCUT2D eigenvalue weighted by Gasteiger charge is 2.37. The minimum absolute atomic E-state index is 0.108. The van der Waals surface area contributed by atoms with E-state index in [0.29, 0.717) is 0 Å². The Morgan fingerprint density at radius 1 is 0.857 bits per heavy atom. The Kier molecular flexibility index (Phi) is 10.5. The van der Waals surface area contributed by atoms with E-state index in [1.165, 1.54) is 12.1 Å². The number of phenols is 1. The first-order chi connectivity index (χ1) is 13.5. The second-order valence-electron chi connectivity index (χ2n) is 6.05. The fourth-order valence-corrected chi connectivity index (χ4v) is 7.18. The third-order valence-electron chi connectivity index (χ3n) is 4.76. The Morgan fingerprint density at radius 3 is 1.68 bits per heavy atom. The summed E-state index contributed by atoms with van der Waals surface area (Å²) in [5.41, 5.74) is 0.124. The lowest BCUT2D eigenvalue weighted by Gasteiger charge is -2.47. The van der Waals surface area contributed by atoms with Gasteiger partial charge in [0.2, 0.25) is 0 Å². The Morgan fingerprint density at radius 2 is 1.29 bits per heavy atom. The maximum atomic E-state index is 12.4. The highest BCUT2D eigenvalue weighted by atomic mass is 31.2. The lowest BCUT2D eigenvalue weighted by Crippen LogP contribution is -2.41. The zero-order chi connectivity index (χ0) is 21.2. The number of carbonyl (C=O) groups excluding carboxylic acids is 1. The largest absolute Gasteiger partial charge is 0.507 e. The summed E-state index contributed by atoms with van der Waals surface area (Å²) in [5, 5.41) is 17.7. The van der Waals surface area contributed by atoms with E-state index in [1.54, 1.807) is 12.1 Å². The van der Waals surface area contributed by atoms with Crippen molar-refractivity contribution in [3.05, 3.63) is 29.8 Å². The summed E-state index contributed by atoms with van der Waals surface area (Å²) in [5.74, 6) is -0.706. The van der Waals surface area contributed by atoms with Gasteiger partial charge >= 0.3 is 5.91 Å². The molecule has 8 nitrogen and oxygen atoms in total. The smallest absolute Gasteiger partial charge is 0.300 e. The zero-order valence-corrected chi connectivity index (χ0v) is 18.9. The zero-order valence-electron chi connectivity index (χ0n) is 18.0. The third kappa shape index (κ3) is 5.26. The topological polar surface area (TPSA) is 84.1 Å². The van der Waals surface area contributed by atoms with Crippen molar-refractivity contribution in [2.24, 2.45) is 15.2 Å². The van der Waals surface area contributed by atoms with Crippen LogP contribution in [0.25, 0.3) is 0 Å². The van der Waals surface area contributed by atoms with Gasteiger partial charge in [-0.2, -0.15) is 0 Å². The number of rotatable bonds is 11. The maximum Gasteiger partial charge on any atom is 0.300 e. The fourth-order valence-electron chi connectivity index (χ4n) is 3.34. The molecule has 0 unspecified atom stereocenters. The van der Waals surface area contributed by atoms with Crippen LogP contribution in [0.1, 0.15) is 51.9 Å². The van der Waals surface area contributed by atoms with Crippen LogP contribution >= 0.6 is 7.51 Å². The van der Waals surface area contributed by atoms with Crippen molar-refractivity contribution in [2.75, 3.05) is 39.3 Å². The molecule has 0 saturated carbocycles. The Labute approximate surface area is 169 Å². The summed E-state index contributed by atoms with van der Waals surface area (Å²) in [6.45, 7) is 17.6. The van der Waals surface area contributed by atoms with Gasteiger partial charge in [-0.3, -0.25) is 4.79 Å². The van der Waals surface area contributed by atoms with Gasteiger partial charge in [0.1, 0.15) is 5.75 Å².